The second-order valence-corrected chi connectivity index (χ2v) is 10.4. The number of aliphatic carboxylic acids is 1. The Balaban J connectivity index is 2.13. The van der Waals surface area contributed by atoms with Crippen molar-refractivity contribution in [3.05, 3.63) is 54.8 Å². The lowest BCUT2D eigenvalue weighted by Crippen LogP contribution is -2.37. The van der Waals surface area contributed by atoms with Crippen LogP contribution in [-0.2, 0) is 16.0 Å². The lowest BCUT2D eigenvalue weighted by molar-refractivity contribution is -0.131. The number of benzene rings is 2. The van der Waals surface area contributed by atoms with Crippen LogP contribution in [-0.4, -0.2) is 34.2 Å². The van der Waals surface area contributed by atoms with Gasteiger partial charge in [0, 0.05) is 23.7 Å². The van der Waals surface area contributed by atoms with Crippen molar-refractivity contribution in [3.63, 3.8) is 0 Å². The first-order chi connectivity index (χ1) is 15.4. The third-order valence-electron chi connectivity index (χ3n) is 6.00. The molecular formula is C25H31NO4S2. The highest BCUT2D eigenvalue weighted by Crippen LogP contribution is 2.47. The highest BCUT2D eigenvalue weighted by Gasteiger charge is 2.41. The summed E-state index contributed by atoms with van der Waals surface area (Å²) in [5, 5.41) is 8.88. The highest BCUT2D eigenvalue weighted by atomic mass is 32.2. The van der Waals surface area contributed by atoms with Crippen LogP contribution in [0.3, 0.4) is 0 Å². The first-order valence-electron chi connectivity index (χ1n) is 10.9. The van der Waals surface area contributed by atoms with Gasteiger partial charge < -0.3 is 19.3 Å². The lowest BCUT2D eigenvalue weighted by Gasteiger charge is -2.35. The Kier molecular flexibility index (Phi) is 8.57. The van der Waals surface area contributed by atoms with E-state index in [4.69, 9.17) is 9.84 Å². The largest absolute Gasteiger partial charge is 0.611 e. The van der Waals surface area contributed by atoms with Crippen molar-refractivity contribution in [3.8, 4) is 5.75 Å². The molecule has 0 radical (unpaired) electrons. The summed E-state index contributed by atoms with van der Waals surface area (Å²) < 4.78 is 19.3. The van der Waals surface area contributed by atoms with Gasteiger partial charge in [0.05, 0.1) is 22.9 Å². The van der Waals surface area contributed by atoms with Gasteiger partial charge >= 0.3 is 5.97 Å². The normalized spacial score (nSPS) is 20.8. The monoisotopic (exact) mass is 473 g/mol. The number of thioether (sulfide) groups is 1. The minimum absolute atomic E-state index is 0.0561. The molecule has 2 aromatic rings. The molecule has 3 rings (SSSR count). The molecule has 172 valence electrons. The number of hydrogen-bond donors (Lipinski definition) is 1. The molecule has 0 spiro atoms. The fourth-order valence-electron chi connectivity index (χ4n) is 4.10. The molecule has 0 amide bonds. The van der Waals surface area contributed by atoms with Crippen molar-refractivity contribution in [1.29, 1.82) is 0 Å². The molecule has 2 unspecified atom stereocenters. The summed E-state index contributed by atoms with van der Waals surface area (Å²) in [5.41, 5.74) is 1.95. The molecular weight excluding hydrogens is 442 g/mol. The molecule has 1 N–H and O–H groups in total. The summed E-state index contributed by atoms with van der Waals surface area (Å²) >= 11 is 0.314. The zero-order valence-electron chi connectivity index (χ0n) is 18.9. The average Bonchev–Trinajstić information content (AvgIpc) is 2.92. The van der Waals surface area contributed by atoms with Crippen LogP contribution in [0.25, 0.3) is 0 Å². The average molecular weight is 474 g/mol. The van der Waals surface area contributed by atoms with E-state index in [1.165, 1.54) is 11.8 Å². The number of unbranched alkanes of at least 4 members (excludes halogenated alkanes) is 1. The van der Waals surface area contributed by atoms with Gasteiger partial charge in [-0.3, -0.25) is 0 Å². The molecule has 0 fully saturated rings. The van der Waals surface area contributed by atoms with Gasteiger partial charge in [-0.25, -0.2) is 4.79 Å². The van der Waals surface area contributed by atoms with Crippen LogP contribution in [0.5, 0.6) is 5.75 Å². The Morgan fingerprint density at radius 2 is 2.06 bits per heavy atom. The standard InChI is InChI=1S/C25H31NO4S2/c1-4-6-13-25(5-2)17-26(19-10-8-7-9-11-19)20-15-22(31-3)21(30-14-12-24(27)28)16-23(20)32(29)18-25/h7-12,14-16H,4-6,13,17-18H2,1-3H3,(H,27,28)/b14-12+. The Hall–Kier alpha value is -2.09. The van der Waals surface area contributed by atoms with Crippen LogP contribution in [0.2, 0.25) is 0 Å². The Bertz CT molecular complexity index is 950. The number of carboxylic acid groups (broad SMARTS) is 1. The molecule has 0 bridgehead atoms. The van der Waals surface area contributed by atoms with Gasteiger partial charge in [-0.05, 0) is 48.5 Å². The summed E-state index contributed by atoms with van der Waals surface area (Å²) in [7, 11) is 0. The molecule has 1 aliphatic heterocycles. The zero-order chi connectivity index (χ0) is 23.1. The molecule has 0 saturated heterocycles. The predicted molar refractivity (Wildman–Crippen MR) is 133 cm³/mol. The highest BCUT2D eigenvalue weighted by molar-refractivity contribution is 7.98. The summed E-state index contributed by atoms with van der Waals surface area (Å²) in [5.74, 6) is 0.0451. The van der Waals surface area contributed by atoms with Crippen molar-refractivity contribution in [2.75, 3.05) is 23.5 Å². The van der Waals surface area contributed by atoms with Crippen LogP contribution in [0.4, 0.5) is 11.4 Å². The van der Waals surface area contributed by atoms with Crippen LogP contribution in [0, 0.1) is 5.41 Å². The van der Waals surface area contributed by atoms with Crippen LogP contribution in [0.1, 0.15) is 39.5 Å². The fourth-order valence-corrected chi connectivity index (χ4v) is 6.43. The number of fused-ring (bicyclic) bond motifs is 1. The van der Waals surface area contributed by atoms with E-state index in [1.54, 1.807) is 0 Å². The first-order valence-corrected chi connectivity index (χ1v) is 13.5. The number of hydrogen-bond acceptors (Lipinski definition) is 5. The minimum atomic E-state index is -1.21. The first kappa shape index (κ1) is 24.6. The van der Waals surface area contributed by atoms with E-state index < -0.39 is 17.1 Å². The lowest BCUT2D eigenvalue weighted by atomic mass is 9.81. The van der Waals surface area contributed by atoms with Crippen LogP contribution >= 0.6 is 11.8 Å². The van der Waals surface area contributed by atoms with Gasteiger partial charge in [-0.15, -0.1) is 11.8 Å². The number of anilines is 2. The van der Waals surface area contributed by atoms with Crippen molar-refractivity contribution >= 4 is 40.3 Å². The molecule has 2 atom stereocenters. The number of ether oxygens (including phenoxy) is 1. The number of carbonyl (C=O) groups is 1. The van der Waals surface area contributed by atoms with Gasteiger partial charge in [0.25, 0.3) is 0 Å². The zero-order valence-corrected chi connectivity index (χ0v) is 20.5. The van der Waals surface area contributed by atoms with Crippen molar-refractivity contribution in [2.24, 2.45) is 5.41 Å². The molecule has 1 heterocycles. The summed E-state index contributed by atoms with van der Waals surface area (Å²) in [6.45, 7) is 5.20. The number of nitrogens with zero attached hydrogens (tertiary/aromatic N) is 1. The number of carboxylic acids is 1. The molecule has 0 aromatic heterocycles. The molecule has 7 heteroatoms. The maximum absolute atomic E-state index is 13.7. The predicted octanol–water partition coefficient (Wildman–Crippen LogP) is 6.23. The van der Waals surface area contributed by atoms with Gasteiger partial charge in [0.2, 0.25) is 0 Å². The van der Waals surface area contributed by atoms with Gasteiger partial charge in [-0.1, -0.05) is 44.9 Å². The smallest absolute Gasteiger partial charge is 0.331 e. The quantitative estimate of drug-likeness (QED) is 0.201. The minimum Gasteiger partial charge on any atom is -0.611 e. The Labute approximate surface area is 198 Å². The van der Waals surface area contributed by atoms with Crippen LogP contribution in [0.15, 0.2) is 64.6 Å². The van der Waals surface area contributed by atoms with E-state index in [0.29, 0.717) is 11.5 Å². The van der Waals surface area contributed by atoms with Gasteiger partial charge in [0.15, 0.2) is 4.90 Å². The van der Waals surface area contributed by atoms with E-state index in [2.05, 4.69) is 30.9 Å². The topological polar surface area (TPSA) is 72.8 Å². The SMILES string of the molecule is CCCCC1(CC)CN(c2ccccc2)c2cc(SC)c(O/C=C/C(=O)O)cc2[S+]([O-])C1. The van der Waals surface area contributed by atoms with E-state index in [1.807, 2.05) is 36.6 Å². The van der Waals surface area contributed by atoms with E-state index in [9.17, 15) is 9.35 Å². The Morgan fingerprint density at radius 3 is 2.69 bits per heavy atom. The summed E-state index contributed by atoms with van der Waals surface area (Å²) in [6.07, 6.45) is 8.27. The molecule has 0 aliphatic carbocycles. The third kappa shape index (κ3) is 5.63. The Morgan fingerprint density at radius 1 is 1.31 bits per heavy atom. The molecule has 32 heavy (non-hydrogen) atoms. The number of para-hydroxylation sites is 1. The van der Waals surface area contributed by atoms with Crippen molar-refractivity contribution < 1.29 is 19.2 Å². The second-order valence-electron chi connectivity index (χ2n) is 8.10. The van der Waals surface area contributed by atoms with Crippen molar-refractivity contribution in [2.45, 2.75) is 49.3 Å². The fraction of sp³-hybridized carbons (Fsp3) is 0.400. The van der Waals surface area contributed by atoms with E-state index in [0.717, 1.165) is 65.7 Å². The summed E-state index contributed by atoms with van der Waals surface area (Å²) in [4.78, 5) is 14.7. The van der Waals surface area contributed by atoms with E-state index >= 15 is 0 Å². The number of rotatable bonds is 9. The molecule has 0 saturated carbocycles. The van der Waals surface area contributed by atoms with Crippen molar-refractivity contribution in [1.82, 2.24) is 0 Å². The molecule has 1 aliphatic rings. The maximum Gasteiger partial charge on any atom is 0.331 e. The van der Waals surface area contributed by atoms with E-state index in [-0.39, 0.29) is 5.41 Å². The molecule has 2 aromatic carbocycles. The summed E-state index contributed by atoms with van der Waals surface area (Å²) in [6, 6.07) is 14.1. The van der Waals surface area contributed by atoms with Gasteiger partial charge in [0.1, 0.15) is 11.5 Å². The third-order valence-corrected chi connectivity index (χ3v) is 8.45. The maximum atomic E-state index is 13.7. The van der Waals surface area contributed by atoms with Crippen LogP contribution < -0.4 is 9.64 Å². The van der Waals surface area contributed by atoms with Gasteiger partial charge in [-0.2, -0.15) is 0 Å². The second kappa shape index (κ2) is 11.2. The molecule has 5 nitrogen and oxygen atoms in total.